The Balaban J connectivity index is 2.23. The van der Waals surface area contributed by atoms with Gasteiger partial charge in [-0.3, -0.25) is 0 Å². The van der Waals surface area contributed by atoms with Gasteiger partial charge in [0.15, 0.2) is 0 Å². The van der Waals surface area contributed by atoms with Crippen molar-refractivity contribution in [2.75, 3.05) is 6.54 Å². The van der Waals surface area contributed by atoms with E-state index in [9.17, 15) is 0 Å². The summed E-state index contributed by atoms with van der Waals surface area (Å²) in [5.74, 6) is 1.09. The van der Waals surface area contributed by atoms with E-state index in [0.29, 0.717) is 16.8 Å². The molecule has 2 aromatic rings. The lowest BCUT2D eigenvalue weighted by atomic mass is 10.1. The van der Waals surface area contributed by atoms with Crippen LogP contribution in [-0.4, -0.2) is 16.7 Å². The molecule has 5 heteroatoms. The summed E-state index contributed by atoms with van der Waals surface area (Å²) < 4.78 is 5.77. The highest BCUT2D eigenvalue weighted by atomic mass is 35.5. The highest BCUT2D eigenvalue weighted by Gasteiger charge is 2.18. The van der Waals surface area contributed by atoms with Crippen molar-refractivity contribution in [1.29, 1.82) is 0 Å². The molecule has 1 atom stereocenters. The zero-order chi connectivity index (χ0) is 14.5. The molecule has 1 heterocycles. The lowest BCUT2D eigenvalue weighted by Crippen LogP contribution is -2.21. The summed E-state index contributed by atoms with van der Waals surface area (Å²) in [7, 11) is 0. The maximum absolute atomic E-state index is 6.23. The number of hydrogen-bond acceptors (Lipinski definition) is 4. The predicted molar refractivity (Wildman–Crippen MR) is 80.8 cm³/mol. The zero-order valence-corrected chi connectivity index (χ0v) is 12.9. The molecule has 0 aliphatic heterocycles. The highest BCUT2D eigenvalue weighted by molar-refractivity contribution is 6.33. The quantitative estimate of drug-likeness (QED) is 0.869. The molecule has 0 amide bonds. The first-order chi connectivity index (χ1) is 9.65. The summed E-state index contributed by atoms with van der Waals surface area (Å²) in [6, 6.07) is 5.89. The first-order valence-electron chi connectivity index (χ1n) is 6.99. The zero-order valence-electron chi connectivity index (χ0n) is 12.1. The van der Waals surface area contributed by atoms with Crippen molar-refractivity contribution in [3.63, 3.8) is 0 Å². The number of aromatic nitrogens is 2. The fourth-order valence-corrected chi connectivity index (χ4v) is 2.32. The van der Waals surface area contributed by atoms with Crippen LogP contribution in [0.3, 0.4) is 0 Å². The summed E-state index contributed by atoms with van der Waals surface area (Å²) >= 11 is 6.23. The van der Waals surface area contributed by atoms with Gasteiger partial charge in [0, 0.05) is 0 Å². The minimum Gasteiger partial charge on any atom is -0.419 e. The summed E-state index contributed by atoms with van der Waals surface area (Å²) in [5.41, 5.74) is 1.89. The Morgan fingerprint density at radius 3 is 2.75 bits per heavy atom. The molecule has 0 saturated carbocycles. The van der Waals surface area contributed by atoms with Gasteiger partial charge in [0.05, 0.1) is 16.6 Å². The molecule has 4 nitrogen and oxygen atoms in total. The second-order valence-corrected chi connectivity index (χ2v) is 5.25. The van der Waals surface area contributed by atoms with E-state index in [1.54, 1.807) is 0 Å². The number of halogens is 1. The van der Waals surface area contributed by atoms with E-state index in [1.165, 1.54) is 0 Å². The van der Waals surface area contributed by atoms with Crippen LogP contribution in [0.1, 0.15) is 44.2 Å². The minimum atomic E-state index is 0.0976. The van der Waals surface area contributed by atoms with Gasteiger partial charge in [0.1, 0.15) is 0 Å². The van der Waals surface area contributed by atoms with Crippen LogP contribution in [0.25, 0.3) is 11.5 Å². The molecule has 0 radical (unpaired) electrons. The minimum absolute atomic E-state index is 0.0976. The van der Waals surface area contributed by atoms with Crippen molar-refractivity contribution in [2.45, 2.75) is 39.7 Å². The summed E-state index contributed by atoms with van der Waals surface area (Å²) in [5, 5.41) is 12.3. The highest BCUT2D eigenvalue weighted by Crippen LogP contribution is 2.29. The van der Waals surface area contributed by atoms with E-state index >= 15 is 0 Å². The molecule has 1 unspecified atom stereocenters. The van der Waals surface area contributed by atoms with Crippen LogP contribution in [0.2, 0.25) is 5.02 Å². The van der Waals surface area contributed by atoms with E-state index in [-0.39, 0.29) is 6.04 Å². The van der Waals surface area contributed by atoms with Gasteiger partial charge in [-0.2, -0.15) is 0 Å². The Hall–Kier alpha value is -1.39. The second-order valence-electron chi connectivity index (χ2n) is 4.84. The smallest absolute Gasteiger partial charge is 0.249 e. The first-order valence-corrected chi connectivity index (χ1v) is 7.36. The summed E-state index contributed by atoms with van der Waals surface area (Å²) in [4.78, 5) is 0. The van der Waals surface area contributed by atoms with E-state index in [1.807, 2.05) is 25.1 Å². The number of aryl methyl sites for hydroxylation is 1. The third-order valence-corrected chi connectivity index (χ3v) is 3.46. The lowest BCUT2D eigenvalue weighted by Gasteiger charge is -2.11. The van der Waals surface area contributed by atoms with Crippen LogP contribution in [0.15, 0.2) is 22.6 Å². The molecule has 2 rings (SSSR count). The fraction of sp³-hybridized carbons (Fsp3) is 0.467. The molecule has 1 aromatic carbocycles. The Kier molecular flexibility index (Phi) is 5.15. The van der Waals surface area contributed by atoms with Crippen molar-refractivity contribution in [2.24, 2.45) is 0 Å². The Bertz CT molecular complexity index is 568. The Labute approximate surface area is 124 Å². The van der Waals surface area contributed by atoms with Gasteiger partial charge in [-0.25, -0.2) is 0 Å². The van der Waals surface area contributed by atoms with E-state index in [0.717, 1.165) is 30.5 Å². The van der Waals surface area contributed by atoms with Crippen molar-refractivity contribution in [1.82, 2.24) is 15.5 Å². The molecule has 20 heavy (non-hydrogen) atoms. The van der Waals surface area contributed by atoms with Crippen LogP contribution in [0, 0.1) is 6.92 Å². The summed E-state index contributed by atoms with van der Waals surface area (Å²) in [6.07, 6.45) is 1.98. The molecule has 0 fully saturated rings. The molecular weight excluding hydrogens is 274 g/mol. The number of nitrogens with zero attached hydrogens (tertiary/aromatic N) is 2. The molecule has 0 bridgehead atoms. The van der Waals surface area contributed by atoms with Crippen LogP contribution in [0.4, 0.5) is 0 Å². The van der Waals surface area contributed by atoms with Gasteiger partial charge in [-0.05, 0) is 44.0 Å². The standard InChI is InChI=1S/C15H20ClN3O/c1-4-8-17-13(5-2)15-19-18-14(20-15)11-7-6-10(3)9-12(11)16/h6-7,9,13,17H,4-5,8H2,1-3H3. The SMILES string of the molecule is CCCNC(CC)c1nnc(-c2ccc(C)cc2Cl)o1. The van der Waals surface area contributed by atoms with Gasteiger partial charge in [0.25, 0.3) is 0 Å². The molecule has 1 aromatic heterocycles. The first kappa shape index (κ1) is 15.0. The monoisotopic (exact) mass is 293 g/mol. The Morgan fingerprint density at radius 1 is 1.30 bits per heavy atom. The van der Waals surface area contributed by atoms with Crippen molar-refractivity contribution in [3.8, 4) is 11.5 Å². The average molecular weight is 294 g/mol. The predicted octanol–water partition coefficient (Wildman–Crippen LogP) is 4.15. The Morgan fingerprint density at radius 2 is 2.10 bits per heavy atom. The summed E-state index contributed by atoms with van der Waals surface area (Å²) in [6.45, 7) is 7.15. The second kappa shape index (κ2) is 6.86. The van der Waals surface area contributed by atoms with Gasteiger partial charge >= 0.3 is 0 Å². The van der Waals surface area contributed by atoms with E-state index < -0.39 is 0 Å². The van der Waals surface area contributed by atoms with Crippen LogP contribution >= 0.6 is 11.6 Å². The molecule has 108 valence electrons. The van der Waals surface area contributed by atoms with Crippen LogP contribution < -0.4 is 5.32 Å². The molecule has 1 N–H and O–H groups in total. The van der Waals surface area contributed by atoms with Gasteiger partial charge in [-0.1, -0.05) is 31.5 Å². The molecular formula is C15H20ClN3O. The van der Waals surface area contributed by atoms with Crippen LogP contribution in [-0.2, 0) is 0 Å². The lowest BCUT2D eigenvalue weighted by molar-refractivity contribution is 0.396. The number of benzene rings is 1. The number of hydrogen-bond donors (Lipinski definition) is 1. The van der Waals surface area contributed by atoms with Gasteiger partial charge in [-0.15, -0.1) is 10.2 Å². The third kappa shape index (κ3) is 3.38. The largest absolute Gasteiger partial charge is 0.419 e. The van der Waals surface area contributed by atoms with Crippen LogP contribution in [0.5, 0.6) is 0 Å². The van der Waals surface area contributed by atoms with E-state index in [2.05, 4.69) is 29.4 Å². The molecule has 0 aliphatic carbocycles. The third-order valence-electron chi connectivity index (χ3n) is 3.14. The maximum Gasteiger partial charge on any atom is 0.249 e. The van der Waals surface area contributed by atoms with Crippen molar-refractivity contribution in [3.05, 3.63) is 34.7 Å². The fourth-order valence-electron chi connectivity index (χ4n) is 2.00. The van der Waals surface area contributed by atoms with E-state index in [4.69, 9.17) is 16.0 Å². The topological polar surface area (TPSA) is 51.0 Å². The molecule has 0 aliphatic rings. The number of nitrogens with one attached hydrogen (secondary N) is 1. The van der Waals surface area contributed by atoms with Crippen molar-refractivity contribution >= 4 is 11.6 Å². The molecule has 0 spiro atoms. The van der Waals surface area contributed by atoms with Crippen molar-refractivity contribution < 1.29 is 4.42 Å². The maximum atomic E-state index is 6.23. The number of rotatable bonds is 6. The average Bonchev–Trinajstić information content (AvgIpc) is 2.89. The normalized spacial score (nSPS) is 12.6. The van der Waals surface area contributed by atoms with Gasteiger partial charge in [0.2, 0.25) is 11.8 Å². The van der Waals surface area contributed by atoms with Gasteiger partial charge < -0.3 is 9.73 Å². The molecule has 0 saturated heterocycles.